The molecule has 0 heterocycles. The lowest BCUT2D eigenvalue weighted by molar-refractivity contribution is 0.0312. The largest absolute Gasteiger partial charge is 0.389 e. The third-order valence-corrected chi connectivity index (χ3v) is 5.09. The number of hydrogen-bond acceptors (Lipinski definition) is 3. The standard InChI is InChI=1S/C16H21Cl2NO2/c17-14-5-3-12-13(16(14)18)4-6-15(12)19-7-11(20)9-21-8-10-1-2-10/h3,5,10-11,15,19-20H,1-2,4,6-9H2. The lowest BCUT2D eigenvalue weighted by atomic mass is 10.1. The van der Waals surface area contributed by atoms with E-state index >= 15 is 0 Å². The highest BCUT2D eigenvalue weighted by Crippen LogP contribution is 2.39. The summed E-state index contributed by atoms with van der Waals surface area (Å²) in [5.41, 5.74) is 2.34. The smallest absolute Gasteiger partial charge is 0.0897 e. The summed E-state index contributed by atoms with van der Waals surface area (Å²) in [5, 5.41) is 14.6. The van der Waals surface area contributed by atoms with Crippen LogP contribution in [-0.2, 0) is 11.2 Å². The van der Waals surface area contributed by atoms with Gasteiger partial charge < -0.3 is 15.2 Å². The third-order valence-electron chi connectivity index (χ3n) is 4.25. The fourth-order valence-electron chi connectivity index (χ4n) is 2.84. The molecule has 21 heavy (non-hydrogen) atoms. The molecule has 5 heteroatoms. The average Bonchev–Trinajstić information content (AvgIpc) is 3.19. The van der Waals surface area contributed by atoms with Crippen LogP contribution in [-0.4, -0.2) is 31.0 Å². The van der Waals surface area contributed by atoms with E-state index in [0.29, 0.717) is 23.2 Å². The maximum Gasteiger partial charge on any atom is 0.0897 e. The lowest BCUT2D eigenvalue weighted by Crippen LogP contribution is -2.32. The van der Waals surface area contributed by atoms with Crippen LogP contribution < -0.4 is 5.32 Å². The number of aliphatic hydroxyl groups excluding tert-OH is 1. The Bertz CT molecular complexity index is 505. The zero-order chi connectivity index (χ0) is 14.8. The average molecular weight is 330 g/mol. The van der Waals surface area contributed by atoms with Crippen molar-refractivity contribution in [3.63, 3.8) is 0 Å². The minimum absolute atomic E-state index is 0.243. The van der Waals surface area contributed by atoms with Crippen LogP contribution in [0.4, 0.5) is 0 Å². The molecular weight excluding hydrogens is 309 g/mol. The molecule has 0 saturated heterocycles. The molecule has 1 aromatic rings. The van der Waals surface area contributed by atoms with Crippen LogP contribution in [0.1, 0.15) is 36.4 Å². The second-order valence-electron chi connectivity index (χ2n) is 6.06. The van der Waals surface area contributed by atoms with Crippen molar-refractivity contribution in [1.29, 1.82) is 0 Å². The zero-order valence-corrected chi connectivity index (χ0v) is 13.5. The fraction of sp³-hybridized carbons (Fsp3) is 0.625. The van der Waals surface area contributed by atoms with Crippen molar-refractivity contribution >= 4 is 23.2 Å². The Morgan fingerprint density at radius 2 is 2.10 bits per heavy atom. The van der Waals surface area contributed by atoms with Crippen molar-refractivity contribution in [3.8, 4) is 0 Å². The number of aliphatic hydroxyl groups is 1. The van der Waals surface area contributed by atoms with Gasteiger partial charge in [-0.05, 0) is 48.8 Å². The Labute approximate surface area is 135 Å². The molecule has 1 saturated carbocycles. The van der Waals surface area contributed by atoms with E-state index in [0.717, 1.165) is 30.9 Å². The summed E-state index contributed by atoms with van der Waals surface area (Å²) in [4.78, 5) is 0. The van der Waals surface area contributed by atoms with E-state index in [2.05, 4.69) is 5.32 Å². The minimum atomic E-state index is -0.462. The molecule has 2 N–H and O–H groups in total. The van der Waals surface area contributed by atoms with Gasteiger partial charge in [0.1, 0.15) is 0 Å². The third kappa shape index (κ3) is 3.91. The van der Waals surface area contributed by atoms with Gasteiger partial charge in [0.2, 0.25) is 0 Å². The number of hydrogen-bond donors (Lipinski definition) is 2. The Hall–Kier alpha value is -0.320. The maximum atomic E-state index is 9.95. The molecule has 2 aliphatic rings. The summed E-state index contributed by atoms with van der Waals surface area (Å²) >= 11 is 12.3. The van der Waals surface area contributed by atoms with Gasteiger partial charge in [0.05, 0.1) is 22.8 Å². The summed E-state index contributed by atoms with van der Waals surface area (Å²) in [7, 11) is 0. The van der Waals surface area contributed by atoms with Crippen LogP contribution in [0.5, 0.6) is 0 Å². The molecular formula is C16H21Cl2NO2. The van der Waals surface area contributed by atoms with Crippen molar-refractivity contribution in [3.05, 3.63) is 33.3 Å². The Balaban J connectivity index is 1.47. The molecule has 1 fully saturated rings. The van der Waals surface area contributed by atoms with Gasteiger partial charge in [-0.3, -0.25) is 0 Å². The van der Waals surface area contributed by atoms with Crippen LogP contribution >= 0.6 is 23.2 Å². The number of benzene rings is 1. The Kier molecular flexibility index (Phi) is 5.07. The Morgan fingerprint density at radius 1 is 1.29 bits per heavy atom. The molecule has 2 unspecified atom stereocenters. The van der Waals surface area contributed by atoms with Gasteiger partial charge in [-0.2, -0.15) is 0 Å². The molecule has 0 aromatic heterocycles. The van der Waals surface area contributed by atoms with Crippen molar-refractivity contribution in [2.24, 2.45) is 5.92 Å². The molecule has 0 bridgehead atoms. The normalized spacial score (nSPS) is 22.3. The van der Waals surface area contributed by atoms with Gasteiger partial charge in [0, 0.05) is 19.2 Å². The molecule has 2 atom stereocenters. The number of nitrogens with one attached hydrogen (secondary N) is 1. The number of fused-ring (bicyclic) bond motifs is 1. The molecule has 0 aliphatic heterocycles. The van der Waals surface area contributed by atoms with E-state index < -0.39 is 6.10 Å². The predicted octanol–water partition coefficient (Wildman–Crippen LogP) is 3.36. The molecule has 0 amide bonds. The fourth-order valence-corrected chi connectivity index (χ4v) is 3.28. The van der Waals surface area contributed by atoms with Crippen molar-refractivity contribution in [2.75, 3.05) is 19.8 Å². The number of halogens is 2. The molecule has 3 rings (SSSR count). The molecule has 116 valence electrons. The van der Waals surface area contributed by atoms with Crippen LogP contribution in [0, 0.1) is 5.92 Å². The van der Waals surface area contributed by atoms with Gasteiger partial charge in [-0.25, -0.2) is 0 Å². The van der Waals surface area contributed by atoms with E-state index in [1.165, 1.54) is 18.4 Å². The van der Waals surface area contributed by atoms with E-state index in [4.69, 9.17) is 27.9 Å². The molecule has 2 aliphatic carbocycles. The second kappa shape index (κ2) is 6.84. The van der Waals surface area contributed by atoms with Gasteiger partial charge in [-0.15, -0.1) is 0 Å². The number of rotatable bonds is 7. The SMILES string of the molecule is OC(CNC1CCc2c1ccc(Cl)c2Cl)COCC1CC1. The van der Waals surface area contributed by atoms with Crippen LogP contribution in [0.3, 0.4) is 0 Å². The first-order chi connectivity index (χ1) is 10.1. The molecule has 1 aromatic carbocycles. The maximum absolute atomic E-state index is 9.95. The quantitative estimate of drug-likeness (QED) is 0.805. The summed E-state index contributed by atoms with van der Waals surface area (Å²) in [6.07, 6.45) is 4.01. The molecule has 0 spiro atoms. The van der Waals surface area contributed by atoms with Crippen LogP contribution in [0.15, 0.2) is 12.1 Å². The van der Waals surface area contributed by atoms with Crippen molar-refractivity contribution in [1.82, 2.24) is 5.32 Å². The van der Waals surface area contributed by atoms with E-state index in [1.54, 1.807) is 0 Å². The monoisotopic (exact) mass is 329 g/mol. The highest BCUT2D eigenvalue weighted by Gasteiger charge is 2.26. The van der Waals surface area contributed by atoms with Gasteiger partial charge in [0.15, 0.2) is 0 Å². The summed E-state index contributed by atoms with van der Waals surface area (Å²) in [6, 6.07) is 4.12. The summed E-state index contributed by atoms with van der Waals surface area (Å²) in [5.74, 6) is 0.735. The summed E-state index contributed by atoms with van der Waals surface area (Å²) < 4.78 is 5.51. The topological polar surface area (TPSA) is 41.5 Å². The first-order valence-corrected chi connectivity index (χ1v) is 8.36. The van der Waals surface area contributed by atoms with Crippen molar-refractivity contribution < 1.29 is 9.84 Å². The van der Waals surface area contributed by atoms with Crippen LogP contribution in [0.2, 0.25) is 10.0 Å². The zero-order valence-electron chi connectivity index (χ0n) is 11.9. The Morgan fingerprint density at radius 3 is 2.86 bits per heavy atom. The van der Waals surface area contributed by atoms with Crippen LogP contribution in [0.25, 0.3) is 0 Å². The number of ether oxygens (including phenoxy) is 1. The minimum Gasteiger partial charge on any atom is -0.389 e. The van der Waals surface area contributed by atoms with Gasteiger partial charge in [0.25, 0.3) is 0 Å². The molecule has 3 nitrogen and oxygen atoms in total. The van der Waals surface area contributed by atoms with Crippen molar-refractivity contribution in [2.45, 2.75) is 37.8 Å². The highest BCUT2D eigenvalue weighted by atomic mass is 35.5. The van der Waals surface area contributed by atoms with E-state index in [-0.39, 0.29) is 6.04 Å². The first kappa shape index (κ1) is 15.6. The van der Waals surface area contributed by atoms with E-state index in [9.17, 15) is 5.11 Å². The van der Waals surface area contributed by atoms with Gasteiger partial charge in [-0.1, -0.05) is 29.3 Å². The van der Waals surface area contributed by atoms with E-state index in [1.807, 2.05) is 12.1 Å². The lowest BCUT2D eigenvalue weighted by Gasteiger charge is -2.18. The second-order valence-corrected chi connectivity index (χ2v) is 6.85. The first-order valence-electron chi connectivity index (χ1n) is 7.61. The molecule has 0 radical (unpaired) electrons. The van der Waals surface area contributed by atoms with Gasteiger partial charge >= 0.3 is 0 Å². The highest BCUT2D eigenvalue weighted by molar-refractivity contribution is 6.42. The summed E-state index contributed by atoms with van der Waals surface area (Å²) in [6.45, 7) is 1.73. The predicted molar refractivity (Wildman–Crippen MR) is 85.1 cm³/mol.